The summed E-state index contributed by atoms with van der Waals surface area (Å²) in [7, 11) is 0. The third-order valence-corrected chi connectivity index (χ3v) is 3.11. The SMILES string of the molecule is Cc1cc(Oc2ccc(Cl)cc2C(=O)O)n2ncnc2c1. The van der Waals surface area contributed by atoms with Crippen molar-refractivity contribution in [2.45, 2.75) is 6.92 Å². The van der Waals surface area contributed by atoms with E-state index >= 15 is 0 Å². The summed E-state index contributed by atoms with van der Waals surface area (Å²) in [5, 5.41) is 13.6. The summed E-state index contributed by atoms with van der Waals surface area (Å²) in [5.41, 5.74) is 1.53. The predicted molar refractivity (Wildman–Crippen MR) is 76.2 cm³/mol. The number of carbonyl (C=O) groups is 1. The smallest absolute Gasteiger partial charge is 0.339 e. The Kier molecular flexibility index (Phi) is 3.23. The largest absolute Gasteiger partial charge is 0.478 e. The van der Waals surface area contributed by atoms with Crippen molar-refractivity contribution in [2.75, 3.05) is 0 Å². The fourth-order valence-electron chi connectivity index (χ4n) is 1.96. The number of fused-ring (bicyclic) bond motifs is 1. The van der Waals surface area contributed by atoms with E-state index in [1.165, 1.54) is 23.0 Å². The lowest BCUT2D eigenvalue weighted by Gasteiger charge is -2.10. The van der Waals surface area contributed by atoms with Crippen LogP contribution in [0.4, 0.5) is 0 Å². The Morgan fingerprint density at radius 2 is 2.14 bits per heavy atom. The number of aromatic nitrogens is 3. The highest BCUT2D eigenvalue weighted by Gasteiger charge is 2.15. The average molecular weight is 304 g/mol. The molecule has 2 aromatic heterocycles. The van der Waals surface area contributed by atoms with Gasteiger partial charge in [-0.2, -0.15) is 9.61 Å². The molecule has 0 atom stereocenters. The van der Waals surface area contributed by atoms with Crippen molar-refractivity contribution in [1.29, 1.82) is 0 Å². The molecule has 7 heteroatoms. The molecular formula is C14H10ClN3O3. The summed E-state index contributed by atoms with van der Waals surface area (Å²) >= 11 is 5.82. The third kappa shape index (κ3) is 2.53. The van der Waals surface area contributed by atoms with E-state index in [9.17, 15) is 9.90 Å². The van der Waals surface area contributed by atoms with Gasteiger partial charge in [0, 0.05) is 11.1 Å². The third-order valence-electron chi connectivity index (χ3n) is 2.88. The van der Waals surface area contributed by atoms with Crippen molar-refractivity contribution in [3.8, 4) is 11.6 Å². The number of aromatic carboxylic acids is 1. The molecule has 3 aromatic rings. The Hall–Kier alpha value is -2.60. The number of pyridine rings is 1. The van der Waals surface area contributed by atoms with E-state index in [1.807, 2.05) is 13.0 Å². The number of benzene rings is 1. The molecule has 2 heterocycles. The van der Waals surface area contributed by atoms with Crippen LogP contribution in [0.3, 0.4) is 0 Å². The lowest BCUT2D eigenvalue weighted by atomic mass is 10.2. The van der Waals surface area contributed by atoms with E-state index in [4.69, 9.17) is 16.3 Å². The van der Waals surface area contributed by atoms with Crippen molar-refractivity contribution in [3.05, 3.63) is 52.8 Å². The Labute approximate surface area is 124 Å². The lowest BCUT2D eigenvalue weighted by molar-refractivity contribution is 0.0694. The molecule has 0 radical (unpaired) electrons. The Balaban J connectivity index is 2.10. The molecule has 0 bridgehead atoms. The van der Waals surface area contributed by atoms with Crippen molar-refractivity contribution in [1.82, 2.24) is 14.6 Å². The molecule has 0 amide bonds. The summed E-state index contributed by atoms with van der Waals surface area (Å²) in [5.74, 6) is -0.545. The maximum Gasteiger partial charge on any atom is 0.339 e. The highest BCUT2D eigenvalue weighted by molar-refractivity contribution is 6.31. The number of hydrogen-bond donors (Lipinski definition) is 1. The quantitative estimate of drug-likeness (QED) is 0.804. The molecule has 21 heavy (non-hydrogen) atoms. The highest BCUT2D eigenvalue weighted by atomic mass is 35.5. The van der Waals surface area contributed by atoms with Crippen LogP contribution >= 0.6 is 11.6 Å². The minimum atomic E-state index is -1.12. The predicted octanol–water partition coefficient (Wildman–Crippen LogP) is 3.18. The van der Waals surface area contributed by atoms with E-state index in [0.29, 0.717) is 16.5 Å². The molecule has 0 aliphatic carbocycles. The van der Waals surface area contributed by atoms with Gasteiger partial charge in [-0.15, -0.1) is 0 Å². The summed E-state index contributed by atoms with van der Waals surface area (Å²) in [4.78, 5) is 15.4. The Morgan fingerprint density at radius 1 is 1.33 bits per heavy atom. The van der Waals surface area contributed by atoms with E-state index in [1.54, 1.807) is 12.1 Å². The standard InChI is InChI=1S/C14H10ClN3O3/c1-8-4-12-16-7-17-18(12)13(5-8)21-11-3-2-9(15)6-10(11)14(19)20/h2-7H,1H3,(H,19,20). The zero-order valence-corrected chi connectivity index (χ0v) is 11.7. The van der Waals surface area contributed by atoms with Crippen LogP contribution in [-0.4, -0.2) is 25.7 Å². The molecule has 0 aliphatic rings. The van der Waals surface area contributed by atoms with Crippen LogP contribution in [0.15, 0.2) is 36.7 Å². The minimum Gasteiger partial charge on any atom is -0.478 e. The number of carboxylic acids is 1. The first-order chi connectivity index (χ1) is 10.0. The van der Waals surface area contributed by atoms with Crippen molar-refractivity contribution in [3.63, 3.8) is 0 Å². The van der Waals surface area contributed by atoms with Gasteiger partial charge in [0.25, 0.3) is 0 Å². The van der Waals surface area contributed by atoms with Crippen LogP contribution in [-0.2, 0) is 0 Å². The normalized spacial score (nSPS) is 10.8. The zero-order valence-electron chi connectivity index (χ0n) is 10.9. The van der Waals surface area contributed by atoms with Crippen LogP contribution in [0.25, 0.3) is 5.65 Å². The van der Waals surface area contributed by atoms with E-state index in [-0.39, 0.29) is 11.3 Å². The number of rotatable bonds is 3. The van der Waals surface area contributed by atoms with Gasteiger partial charge in [0.15, 0.2) is 5.65 Å². The van der Waals surface area contributed by atoms with Crippen LogP contribution in [0.2, 0.25) is 5.02 Å². The Bertz CT molecular complexity index is 845. The lowest BCUT2D eigenvalue weighted by Crippen LogP contribution is -2.02. The molecule has 0 saturated heterocycles. The van der Waals surface area contributed by atoms with E-state index < -0.39 is 5.97 Å². The fourth-order valence-corrected chi connectivity index (χ4v) is 2.14. The number of carboxylic acid groups (broad SMARTS) is 1. The van der Waals surface area contributed by atoms with Gasteiger partial charge >= 0.3 is 5.97 Å². The monoisotopic (exact) mass is 303 g/mol. The second kappa shape index (κ2) is 5.06. The summed E-state index contributed by atoms with van der Waals surface area (Å²) < 4.78 is 7.19. The van der Waals surface area contributed by atoms with Gasteiger partial charge in [0.1, 0.15) is 17.6 Å². The number of halogens is 1. The van der Waals surface area contributed by atoms with Crippen molar-refractivity contribution < 1.29 is 14.6 Å². The summed E-state index contributed by atoms with van der Waals surface area (Å²) in [6.45, 7) is 1.89. The number of hydrogen-bond acceptors (Lipinski definition) is 4. The van der Waals surface area contributed by atoms with Gasteiger partial charge < -0.3 is 9.84 Å². The molecular weight excluding hydrogens is 294 g/mol. The summed E-state index contributed by atoms with van der Waals surface area (Å²) in [6, 6.07) is 8.02. The zero-order chi connectivity index (χ0) is 15.0. The van der Waals surface area contributed by atoms with Crippen LogP contribution in [0.5, 0.6) is 11.6 Å². The molecule has 0 unspecified atom stereocenters. The van der Waals surface area contributed by atoms with Crippen LogP contribution in [0, 0.1) is 6.92 Å². The molecule has 1 N–H and O–H groups in total. The highest BCUT2D eigenvalue weighted by Crippen LogP contribution is 2.28. The van der Waals surface area contributed by atoms with Gasteiger partial charge in [0.05, 0.1) is 0 Å². The van der Waals surface area contributed by atoms with Gasteiger partial charge in [-0.3, -0.25) is 0 Å². The first-order valence-corrected chi connectivity index (χ1v) is 6.43. The van der Waals surface area contributed by atoms with Gasteiger partial charge in [-0.1, -0.05) is 11.6 Å². The Morgan fingerprint density at radius 3 is 2.90 bits per heavy atom. The van der Waals surface area contributed by atoms with E-state index in [0.717, 1.165) is 5.56 Å². The molecule has 1 aromatic carbocycles. The second-order valence-electron chi connectivity index (χ2n) is 4.45. The molecule has 106 valence electrons. The molecule has 0 aliphatic heterocycles. The minimum absolute atomic E-state index is 0.0164. The molecule has 3 rings (SSSR count). The average Bonchev–Trinajstić information content (AvgIpc) is 2.88. The van der Waals surface area contributed by atoms with Crippen LogP contribution in [0.1, 0.15) is 15.9 Å². The number of nitrogens with zero attached hydrogens (tertiary/aromatic N) is 3. The topological polar surface area (TPSA) is 76.7 Å². The van der Waals surface area contributed by atoms with Crippen LogP contribution < -0.4 is 4.74 Å². The number of aryl methyl sites for hydroxylation is 1. The molecule has 0 fully saturated rings. The van der Waals surface area contributed by atoms with Crippen molar-refractivity contribution >= 4 is 23.2 Å². The fraction of sp³-hybridized carbons (Fsp3) is 0.0714. The van der Waals surface area contributed by atoms with E-state index in [2.05, 4.69) is 10.1 Å². The maximum atomic E-state index is 11.3. The molecule has 0 spiro atoms. The van der Waals surface area contributed by atoms with Gasteiger partial charge in [-0.25, -0.2) is 9.78 Å². The van der Waals surface area contributed by atoms with Crippen molar-refractivity contribution in [2.24, 2.45) is 0 Å². The van der Waals surface area contributed by atoms with Gasteiger partial charge in [-0.05, 0) is 36.8 Å². The second-order valence-corrected chi connectivity index (χ2v) is 4.89. The molecule has 6 nitrogen and oxygen atoms in total. The number of ether oxygens (including phenoxy) is 1. The van der Waals surface area contributed by atoms with Gasteiger partial charge in [0.2, 0.25) is 5.88 Å². The first-order valence-electron chi connectivity index (χ1n) is 6.05. The summed E-state index contributed by atoms with van der Waals surface area (Å²) in [6.07, 6.45) is 1.40. The molecule has 0 saturated carbocycles. The first kappa shape index (κ1) is 13.4. The maximum absolute atomic E-state index is 11.3.